The molecular weight excluding hydrogens is 226 g/mol. The van der Waals surface area contributed by atoms with Crippen molar-refractivity contribution in [3.05, 3.63) is 30.3 Å². The van der Waals surface area contributed by atoms with Crippen molar-refractivity contribution in [2.45, 2.75) is 18.9 Å². The zero-order valence-electron chi connectivity index (χ0n) is 10.2. The number of anilines is 2. The summed E-state index contributed by atoms with van der Waals surface area (Å²) in [6.07, 6.45) is 2.63. The summed E-state index contributed by atoms with van der Waals surface area (Å²) in [6, 6.07) is 9.78. The largest absolute Gasteiger partial charge is 0.399 e. The molecule has 0 aliphatic carbocycles. The summed E-state index contributed by atoms with van der Waals surface area (Å²) in [5.74, 6) is 0.891. The fraction of sp³-hybridized carbons (Fsp3) is 0.357. The van der Waals surface area contributed by atoms with Gasteiger partial charge in [-0.3, -0.25) is 0 Å². The Morgan fingerprint density at radius 2 is 2.28 bits per heavy atom. The Balaban J connectivity index is 1.74. The van der Waals surface area contributed by atoms with Crippen molar-refractivity contribution in [3.8, 4) is 0 Å². The third-order valence-electron chi connectivity index (χ3n) is 3.25. The van der Waals surface area contributed by atoms with Crippen molar-refractivity contribution >= 4 is 22.4 Å². The molecule has 1 unspecified atom stereocenters. The first-order valence-corrected chi connectivity index (χ1v) is 6.33. The molecule has 0 bridgehead atoms. The van der Waals surface area contributed by atoms with Gasteiger partial charge in [-0.2, -0.15) is 0 Å². The number of nitrogens with one attached hydrogen (secondary N) is 1. The zero-order chi connectivity index (χ0) is 12.4. The fourth-order valence-corrected chi connectivity index (χ4v) is 2.27. The number of hydrogen-bond acceptors (Lipinski definition) is 4. The minimum Gasteiger partial charge on any atom is -0.399 e. The summed E-state index contributed by atoms with van der Waals surface area (Å²) in [5.41, 5.74) is 7.47. The molecule has 18 heavy (non-hydrogen) atoms. The first-order chi connectivity index (χ1) is 8.81. The van der Waals surface area contributed by atoms with Crippen molar-refractivity contribution in [2.75, 3.05) is 24.2 Å². The van der Waals surface area contributed by atoms with Crippen LogP contribution in [0.5, 0.6) is 0 Å². The van der Waals surface area contributed by atoms with E-state index in [1.165, 1.54) is 0 Å². The van der Waals surface area contributed by atoms with Crippen LogP contribution >= 0.6 is 0 Å². The highest BCUT2D eigenvalue weighted by atomic mass is 16.5. The van der Waals surface area contributed by atoms with Crippen molar-refractivity contribution in [2.24, 2.45) is 0 Å². The molecule has 4 heteroatoms. The molecule has 3 rings (SSSR count). The highest BCUT2D eigenvalue weighted by Gasteiger charge is 2.14. The highest BCUT2D eigenvalue weighted by Crippen LogP contribution is 2.18. The van der Waals surface area contributed by atoms with Gasteiger partial charge in [-0.25, -0.2) is 4.98 Å². The van der Waals surface area contributed by atoms with Crippen LogP contribution in [0.4, 0.5) is 11.5 Å². The van der Waals surface area contributed by atoms with Crippen LogP contribution in [0.1, 0.15) is 12.8 Å². The lowest BCUT2D eigenvalue weighted by Gasteiger charge is -2.11. The lowest BCUT2D eigenvalue weighted by molar-refractivity contribution is 0.120. The number of nitrogens with zero attached hydrogens (tertiary/aromatic N) is 1. The van der Waals surface area contributed by atoms with Gasteiger partial charge in [0.25, 0.3) is 0 Å². The Bertz CT molecular complexity index is 550. The molecule has 0 radical (unpaired) electrons. The number of pyridine rings is 1. The lowest BCUT2D eigenvalue weighted by Crippen LogP contribution is -2.18. The molecule has 1 aliphatic rings. The number of aromatic nitrogens is 1. The van der Waals surface area contributed by atoms with Gasteiger partial charge in [0.2, 0.25) is 0 Å². The number of hydrogen-bond donors (Lipinski definition) is 2. The second-order valence-electron chi connectivity index (χ2n) is 4.66. The molecule has 1 aromatic heterocycles. The minimum absolute atomic E-state index is 0.328. The van der Waals surface area contributed by atoms with E-state index in [2.05, 4.69) is 10.3 Å². The predicted molar refractivity (Wildman–Crippen MR) is 73.6 cm³/mol. The molecule has 0 spiro atoms. The van der Waals surface area contributed by atoms with E-state index in [4.69, 9.17) is 10.5 Å². The molecule has 4 nitrogen and oxygen atoms in total. The monoisotopic (exact) mass is 243 g/mol. The summed E-state index contributed by atoms with van der Waals surface area (Å²) in [7, 11) is 0. The standard InChI is InChI=1S/C14H17N3O/c15-11-4-5-13-10(8-11)3-6-14(17-13)16-9-12-2-1-7-18-12/h3-6,8,12H,1-2,7,9,15H2,(H,16,17). The maximum atomic E-state index is 5.74. The predicted octanol–water partition coefficient (Wildman–Crippen LogP) is 2.41. The Hall–Kier alpha value is -1.81. The van der Waals surface area contributed by atoms with Gasteiger partial charge >= 0.3 is 0 Å². The molecule has 2 heterocycles. The van der Waals surface area contributed by atoms with Crippen LogP contribution in [0.3, 0.4) is 0 Å². The van der Waals surface area contributed by atoms with E-state index < -0.39 is 0 Å². The molecule has 3 N–H and O–H groups in total. The van der Waals surface area contributed by atoms with Gasteiger partial charge in [-0.15, -0.1) is 0 Å². The molecule has 1 fully saturated rings. The van der Waals surface area contributed by atoms with Crippen LogP contribution in [-0.4, -0.2) is 24.2 Å². The number of rotatable bonds is 3. The number of nitrogen functional groups attached to an aromatic ring is 1. The highest BCUT2D eigenvalue weighted by molar-refractivity contribution is 5.83. The average Bonchev–Trinajstić information content (AvgIpc) is 2.89. The van der Waals surface area contributed by atoms with Crippen LogP contribution in [0.25, 0.3) is 10.9 Å². The van der Waals surface area contributed by atoms with Gasteiger partial charge in [0.15, 0.2) is 0 Å². The van der Waals surface area contributed by atoms with Gasteiger partial charge < -0.3 is 15.8 Å². The fourth-order valence-electron chi connectivity index (χ4n) is 2.27. The second-order valence-corrected chi connectivity index (χ2v) is 4.66. The minimum atomic E-state index is 0.328. The summed E-state index contributed by atoms with van der Waals surface area (Å²) < 4.78 is 5.57. The number of ether oxygens (including phenoxy) is 1. The number of fused-ring (bicyclic) bond motifs is 1. The average molecular weight is 243 g/mol. The smallest absolute Gasteiger partial charge is 0.126 e. The van der Waals surface area contributed by atoms with Gasteiger partial charge in [0.05, 0.1) is 11.6 Å². The molecule has 1 aromatic carbocycles. The Labute approximate surface area is 106 Å². The van der Waals surface area contributed by atoms with Crippen molar-refractivity contribution in [1.29, 1.82) is 0 Å². The zero-order valence-corrected chi connectivity index (χ0v) is 10.2. The SMILES string of the molecule is Nc1ccc2nc(NCC3CCCO3)ccc2c1. The van der Waals surface area contributed by atoms with Crippen LogP contribution < -0.4 is 11.1 Å². The van der Waals surface area contributed by atoms with E-state index in [1.54, 1.807) is 0 Å². The Kier molecular flexibility index (Phi) is 3.02. The lowest BCUT2D eigenvalue weighted by atomic mass is 10.2. The normalized spacial score (nSPS) is 19.2. The van der Waals surface area contributed by atoms with E-state index >= 15 is 0 Å². The number of nitrogens with two attached hydrogens (primary N) is 1. The molecule has 1 atom stereocenters. The van der Waals surface area contributed by atoms with Gasteiger partial charge in [0.1, 0.15) is 5.82 Å². The maximum Gasteiger partial charge on any atom is 0.126 e. The molecule has 0 saturated carbocycles. The summed E-state index contributed by atoms with van der Waals surface area (Å²) in [4.78, 5) is 4.56. The maximum absolute atomic E-state index is 5.74. The summed E-state index contributed by atoms with van der Waals surface area (Å²) in [6.45, 7) is 1.71. The molecule has 0 amide bonds. The van der Waals surface area contributed by atoms with E-state index in [0.717, 1.165) is 48.4 Å². The third-order valence-corrected chi connectivity index (χ3v) is 3.25. The number of benzene rings is 1. The third kappa shape index (κ3) is 2.38. The van der Waals surface area contributed by atoms with Crippen LogP contribution in [0.15, 0.2) is 30.3 Å². The van der Waals surface area contributed by atoms with E-state index in [0.29, 0.717) is 6.10 Å². The van der Waals surface area contributed by atoms with Gasteiger partial charge in [-0.05, 0) is 43.2 Å². The van der Waals surface area contributed by atoms with Crippen molar-refractivity contribution < 1.29 is 4.74 Å². The first-order valence-electron chi connectivity index (χ1n) is 6.33. The van der Waals surface area contributed by atoms with Crippen LogP contribution in [0, 0.1) is 0 Å². The topological polar surface area (TPSA) is 60.2 Å². The van der Waals surface area contributed by atoms with Crippen molar-refractivity contribution in [1.82, 2.24) is 4.98 Å². The molecule has 94 valence electrons. The molecular formula is C14H17N3O. The van der Waals surface area contributed by atoms with E-state index in [-0.39, 0.29) is 0 Å². The van der Waals surface area contributed by atoms with Crippen LogP contribution in [-0.2, 0) is 4.74 Å². The van der Waals surface area contributed by atoms with E-state index in [1.807, 2.05) is 30.3 Å². The molecule has 2 aromatic rings. The Morgan fingerprint density at radius 3 is 3.11 bits per heavy atom. The molecule has 1 aliphatic heterocycles. The first kappa shape index (κ1) is 11.3. The molecule has 1 saturated heterocycles. The van der Waals surface area contributed by atoms with Gasteiger partial charge in [0, 0.05) is 24.2 Å². The quantitative estimate of drug-likeness (QED) is 0.813. The summed E-state index contributed by atoms with van der Waals surface area (Å²) in [5, 5.41) is 4.39. The second kappa shape index (κ2) is 4.82. The van der Waals surface area contributed by atoms with Gasteiger partial charge in [-0.1, -0.05) is 0 Å². The van der Waals surface area contributed by atoms with E-state index in [9.17, 15) is 0 Å². The van der Waals surface area contributed by atoms with Crippen LogP contribution in [0.2, 0.25) is 0 Å². The summed E-state index contributed by atoms with van der Waals surface area (Å²) >= 11 is 0. The Morgan fingerprint density at radius 1 is 1.33 bits per heavy atom. The van der Waals surface area contributed by atoms with Crippen molar-refractivity contribution in [3.63, 3.8) is 0 Å².